The monoisotopic (exact) mass is 261 g/mol. The summed E-state index contributed by atoms with van der Waals surface area (Å²) >= 11 is 0. The average molecular weight is 261 g/mol. The summed E-state index contributed by atoms with van der Waals surface area (Å²) in [6, 6.07) is 3.70. The highest BCUT2D eigenvalue weighted by Crippen LogP contribution is 2.39. The lowest BCUT2D eigenvalue weighted by molar-refractivity contribution is 0.0886. The molecule has 1 fully saturated rings. The van der Waals surface area contributed by atoms with Crippen molar-refractivity contribution in [1.29, 1.82) is 0 Å². The zero-order chi connectivity index (χ0) is 13.7. The lowest BCUT2D eigenvalue weighted by Gasteiger charge is -2.38. The third kappa shape index (κ3) is 3.69. The number of hydrogen-bond acceptors (Lipinski definition) is 3. The summed E-state index contributed by atoms with van der Waals surface area (Å²) in [6.45, 7) is 5.99. The topological polar surface area (TPSA) is 54.0 Å². The molecule has 2 rings (SSSR count). The minimum atomic E-state index is -0.0757. The van der Waals surface area contributed by atoms with E-state index in [0.29, 0.717) is 11.1 Å². The van der Waals surface area contributed by atoms with Crippen LogP contribution in [-0.2, 0) is 0 Å². The molecule has 1 aliphatic carbocycles. The Morgan fingerprint density at radius 1 is 1.47 bits per heavy atom. The molecule has 0 radical (unpaired) electrons. The molecular weight excluding hydrogens is 238 g/mol. The molecule has 104 valence electrons. The average Bonchev–Trinajstić information content (AvgIpc) is 2.40. The molecule has 1 aromatic rings. The Bertz CT molecular complexity index is 441. The molecule has 0 atom stereocenters. The molecule has 4 heteroatoms. The first-order valence-electron chi connectivity index (χ1n) is 7.11. The fourth-order valence-electron chi connectivity index (χ4n) is 2.28. The zero-order valence-corrected chi connectivity index (χ0v) is 11.8. The van der Waals surface area contributed by atoms with Crippen LogP contribution in [0.1, 0.15) is 50.0 Å². The molecule has 1 amide bonds. The maximum absolute atomic E-state index is 12.1. The van der Waals surface area contributed by atoms with E-state index in [0.717, 1.165) is 25.2 Å². The van der Waals surface area contributed by atoms with Crippen LogP contribution in [0.4, 0.5) is 5.69 Å². The summed E-state index contributed by atoms with van der Waals surface area (Å²) in [7, 11) is 0. The third-order valence-electron chi connectivity index (χ3n) is 3.81. The number of pyridine rings is 1. The quantitative estimate of drug-likeness (QED) is 0.828. The van der Waals surface area contributed by atoms with Crippen molar-refractivity contribution in [3.63, 3.8) is 0 Å². The molecule has 4 nitrogen and oxygen atoms in total. The number of hydrogen-bond donors (Lipinski definition) is 2. The van der Waals surface area contributed by atoms with E-state index in [2.05, 4.69) is 29.5 Å². The SMILES string of the molecule is CCCNc1ccnc(C(=O)NCC2(C)CCC2)c1. The first-order valence-corrected chi connectivity index (χ1v) is 7.11. The van der Waals surface area contributed by atoms with Crippen LogP contribution in [0.2, 0.25) is 0 Å². The number of carbonyl (C=O) groups is 1. The molecule has 1 saturated carbocycles. The molecule has 19 heavy (non-hydrogen) atoms. The Balaban J connectivity index is 1.90. The number of aromatic nitrogens is 1. The van der Waals surface area contributed by atoms with Gasteiger partial charge in [0, 0.05) is 25.0 Å². The van der Waals surface area contributed by atoms with Gasteiger partial charge in [-0.05, 0) is 36.8 Å². The predicted octanol–water partition coefficient (Wildman–Crippen LogP) is 2.82. The van der Waals surface area contributed by atoms with Crippen LogP contribution in [0.3, 0.4) is 0 Å². The lowest BCUT2D eigenvalue weighted by Crippen LogP contribution is -2.40. The van der Waals surface area contributed by atoms with Crippen LogP contribution in [0, 0.1) is 5.41 Å². The second-order valence-electron chi connectivity index (χ2n) is 5.70. The van der Waals surface area contributed by atoms with E-state index in [1.807, 2.05) is 12.1 Å². The van der Waals surface area contributed by atoms with Crippen molar-refractivity contribution in [2.24, 2.45) is 5.41 Å². The van der Waals surface area contributed by atoms with E-state index in [4.69, 9.17) is 0 Å². The maximum Gasteiger partial charge on any atom is 0.269 e. The molecular formula is C15H23N3O. The predicted molar refractivity (Wildman–Crippen MR) is 77.3 cm³/mol. The Hall–Kier alpha value is -1.58. The molecule has 0 unspecified atom stereocenters. The molecule has 0 spiro atoms. The van der Waals surface area contributed by atoms with Gasteiger partial charge in [0.15, 0.2) is 0 Å². The lowest BCUT2D eigenvalue weighted by atomic mass is 9.70. The number of carbonyl (C=O) groups excluding carboxylic acids is 1. The molecule has 1 aliphatic rings. The van der Waals surface area contributed by atoms with E-state index in [-0.39, 0.29) is 5.91 Å². The summed E-state index contributed by atoms with van der Waals surface area (Å²) in [6.07, 6.45) is 6.43. The minimum absolute atomic E-state index is 0.0757. The first kappa shape index (κ1) is 13.8. The number of anilines is 1. The van der Waals surface area contributed by atoms with Crippen LogP contribution >= 0.6 is 0 Å². The molecule has 1 heterocycles. The Kier molecular flexibility index (Phi) is 4.40. The normalized spacial score (nSPS) is 16.5. The van der Waals surface area contributed by atoms with Crippen LogP contribution in [0.25, 0.3) is 0 Å². The molecule has 0 bridgehead atoms. The van der Waals surface area contributed by atoms with E-state index in [1.165, 1.54) is 19.3 Å². The van der Waals surface area contributed by atoms with Crippen LogP contribution in [0.15, 0.2) is 18.3 Å². The Morgan fingerprint density at radius 3 is 2.89 bits per heavy atom. The van der Waals surface area contributed by atoms with Crippen molar-refractivity contribution in [1.82, 2.24) is 10.3 Å². The van der Waals surface area contributed by atoms with Crippen LogP contribution in [0.5, 0.6) is 0 Å². The fourth-order valence-corrected chi connectivity index (χ4v) is 2.28. The molecule has 0 saturated heterocycles. The van der Waals surface area contributed by atoms with E-state index >= 15 is 0 Å². The van der Waals surface area contributed by atoms with Crippen molar-refractivity contribution in [2.45, 2.75) is 39.5 Å². The second-order valence-corrected chi connectivity index (χ2v) is 5.70. The van der Waals surface area contributed by atoms with Crippen molar-refractivity contribution in [3.8, 4) is 0 Å². The van der Waals surface area contributed by atoms with Crippen molar-refractivity contribution >= 4 is 11.6 Å². The smallest absolute Gasteiger partial charge is 0.269 e. The number of nitrogens with one attached hydrogen (secondary N) is 2. The van der Waals surface area contributed by atoms with Crippen molar-refractivity contribution in [3.05, 3.63) is 24.0 Å². The molecule has 0 aliphatic heterocycles. The molecule has 2 N–H and O–H groups in total. The summed E-state index contributed by atoms with van der Waals surface area (Å²) in [5, 5.41) is 6.26. The van der Waals surface area contributed by atoms with Gasteiger partial charge >= 0.3 is 0 Å². The first-order chi connectivity index (χ1) is 9.13. The fraction of sp³-hybridized carbons (Fsp3) is 0.600. The van der Waals surface area contributed by atoms with Gasteiger partial charge in [-0.1, -0.05) is 20.3 Å². The zero-order valence-electron chi connectivity index (χ0n) is 11.8. The van der Waals surface area contributed by atoms with Crippen molar-refractivity contribution in [2.75, 3.05) is 18.4 Å². The highest BCUT2D eigenvalue weighted by atomic mass is 16.1. The highest BCUT2D eigenvalue weighted by Gasteiger charge is 2.31. The van der Waals surface area contributed by atoms with Gasteiger partial charge in [-0.2, -0.15) is 0 Å². The summed E-state index contributed by atoms with van der Waals surface area (Å²) < 4.78 is 0. The van der Waals surface area contributed by atoms with Crippen molar-refractivity contribution < 1.29 is 4.79 Å². The second kappa shape index (κ2) is 6.04. The number of rotatable bonds is 6. The Labute approximate surface area is 115 Å². The standard InChI is InChI=1S/C15H23N3O/c1-3-8-16-12-5-9-17-13(10-12)14(19)18-11-15(2)6-4-7-15/h5,9-10H,3-4,6-8,11H2,1-2H3,(H,16,17)(H,18,19). The largest absolute Gasteiger partial charge is 0.385 e. The molecule has 1 aromatic heterocycles. The van der Waals surface area contributed by atoms with Gasteiger partial charge in [0.1, 0.15) is 5.69 Å². The van der Waals surface area contributed by atoms with Crippen LogP contribution in [-0.4, -0.2) is 24.0 Å². The van der Waals surface area contributed by atoms with E-state index in [9.17, 15) is 4.79 Å². The number of amides is 1. The van der Waals surface area contributed by atoms with E-state index < -0.39 is 0 Å². The minimum Gasteiger partial charge on any atom is -0.385 e. The summed E-state index contributed by atoms with van der Waals surface area (Å²) in [5.74, 6) is -0.0757. The van der Waals surface area contributed by atoms with Gasteiger partial charge in [-0.3, -0.25) is 9.78 Å². The Morgan fingerprint density at radius 2 is 2.26 bits per heavy atom. The van der Waals surface area contributed by atoms with Gasteiger partial charge in [0.2, 0.25) is 0 Å². The number of nitrogens with zero attached hydrogens (tertiary/aromatic N) is 1. The third-order valence-corrected chi connectivity index (χ3v) is 3.81. The van der Waals surface area contributed by atoms with Crippen LogP contribution < -0.4 is 10.6 Å². The van der Waals surface area contributed by atoms with E-state index in [1.54, 1.807) is 6.20 Å². The summed E-state index contributed by atoms with van der Waals surface area (Å²) in [4.78, 5) is 16.2. The molecule has 0 aromatic carbocycles. The van der Waals surface area contributed by atoms with Gasteiger partial charge in [0.25, 0.3) is 5.91 Å². The maximum atomic E-state index is 12.1. The van der Waals surface area contributed by atoms with Gasteiger partial charge in [-0.25, -0.2) is 0 Å². The van der Waals surface area contributed by atoms with Gasteiger partial charge in [0.05, 0.1) is 0 Å². The highest BCUT2D eigenvalue weighted by molar-refractivity contribution is 5.93. The van der Waals surface area contributed by atoms with Gasteiger partial charge in [-0.15, -0.1) is 0 Å². The summed E-state index contributed by atoms with van der Waals surface area (Å²) in [5.41, 5.74) is 1.74. The van der Waals surface area contributed by atoms with Gasteiger partial charge < -0.3 is 10.6 Å².